The maximum atomic E-state index is 15.2. The summed E-state index contributed by atoms with van der Waals surface area (Å²) in [6.45, 7) is 6.63. The second-order valence-electron chi connectivity index (χ2n) is 11.8. The average Bonchev–Trinajstić information content (AvgIpc) is 3.16. The van der Waals surface area contributed by atoms with Crippen LogP contribution in [0.1, 0.15) is 76.2 Å². The van der Waals surface area contributed by atoms with Crippen LogP contribution in [-0.4, -0.2) is 63.8 Å². The fourth-order valence-corrected chi connectivity index (χ4v) is 6.48. The van der Waals surface area contributed by atoms with Crippen LogP contribution in [0.4, 0.5) is 9.18 Å². The molecule has 36 heavy (non-hydrogen) atoms. The molecule has 1 aromatic carbocycles. The lowest BCUT2D eigenvalue weighted by Crippen LogP contribution is -2.50. The van der Waals surface area contributed by atoms with Crippen LogP contribution in [0.25, 0.3) is 11.3 Å². The SMILES string of the molecule is CN1CCC(c2nc3c(n2C)C2(CCN(C(=O)OC4CCC4)CC2)Oc2cccc(F)c2-3)CC1(C)C. The van der Waals surface area contributed by atoms with Gasteiger partial charge in [-0.25, -0.2) is 14.2 Å². The van der Waals surface area contributed by atoms with Crippen LogP contribution in [0.3, 0.4) is 0 Å². The number of aromatic nitrogens is 2. The molecule has 2 saturated heterocycles. The smallest absolute Gasteiger partial charge is 0.410 e. The van der Waals surface area contributed by atoms with Crippen molar-refractivity contribution in [1.82, 2.24) is 19.4 Å². The van der Waals surface area contributed by atoms with Gasteiger partial charge in [0, 0.05) is 44.4 Å². The number of hydrogen-bond acceptors (Lipinski definition) is 5. The van der Waals surface area contributed by atoms with E-state index in [1.165, 1.54) is 6.07 Å². The van der Waals surface area contributed by atoms with Crippen molar-refractivity contribution in [1.29, 1.82) is 0 Å². The van der Waals surface area contributed by atoms with Crippen LogP contribution >= 0.6 is 0 Å². The molecule has 1 saturated carbocycles. The van der Waals surface area contributed by atoms with Crippen molar-refractivity contribution in [3.8, 4) is 17.0 Å². The van der Waals surface area contributed by atoms with Gasteiger partial charge in [-0.2, -0.15) is 0 Å². The van der Waals surface area contributed by atoms with E-state index in [9.17, 15) is 4.79 Å². The van der Waals surface area contributed by atoms with E-state index in [2.05, 4.69) is 37.4 Å². The zero-order valence-electron chi connectivity index (χ0n) is 21.8. The number of rotatable bonds is 2. The topological polar surface area (TPSA) is 59.8 Å². The molecule has 6 rings (SSSR count). The number of carbonyl (C=O) groups excluding carboxylic acids is 1. The van der Waals surface area contributed by atoms with Crippen LogP contribution in [0.15, 0.2) is 18.2 Å². The molecule has 0 N–H and O–H groups in total. The van der Waals surface area contributed by atoms with Crippen molar-refractivity contribution < 1.29 is 18.7 Å². The molecular formula is C28H37FN4O3. The van der Waals surface area contributed by atoms with Gasteiger partial charge in [0.1, 0.15) is 29.2 Å². The monoisotopic (exact) mass is 496 g/mol. The van der Waals surface area contributed by atoms with Gasteiger partial charge in [-0.05, 0) is 71.7 Å². The largest absolute Gasteiger partial charge is 0.480 e. The van der Waals surface area contributed by atoms with E-state index < -0.39 is 5.60 Å². The fourth-order valence-electron chi connectivity index (χ4n) is 6.48. The average molecular weight is 497 g/mol. The van der Waals surface area contributed by atoms with Gasteiger partial charge in [-0.15, -0.1) is 0 Å². The number of likely N-dealkylation sites (tertiary alicyclic amines) is 2. The van der Waals surface area contributed by atoms with E-state index in [-0.39, 0.29) is 29.5 Å². The Labute approximate surface area is 212 Å². The Balaban J connectivity index is 1.35. The Morgan fingerprint density at radius 1 is 1.14 bits per heavy atom. The second-order valence-corrected chi connectivity index (χ2v) is 11.8. The predicted molar refractivity (Wildman–Crippen MR) is 135 cm³/mol. The van der Waals surface area contributed by atoms with Gasteiger partial charge in [0.15, 0.2) is 5.60 Å². The molecule has 8 heteroatoms. The number of amides is 1. The van der Waals surface area contributed by atoms with Gasteiger partial charge in [0.05, 0.1) is 11.3 Å². The minimum Gasteiger partial charge on any atom is -0.480 e. The third-order valence-corrected chi connectivity index (χ3v) is 9.19. The molecule has 1 unspecified atom stereocenters. The van der Waals surface area contributed by atoms with Crippen LogP contribution in [0, 0.1) is 5.82 Å². The highest BCUT2D eigenvalue weighted by Gasteiger charge is 2.49. The number of nitrogens with zero attached hydrogens (tertiary/aromatic N) is 4. The zero-order valence-corrected chi connectivity index (χ0v) is 21.8. The Kier molecular flexibility index (Phi) is 5.59. The predicted octanol–water partition coefficient (Wildman–Crippen LogP) is 5.19. The molecule has 7 nitrogen and oxygen atoms in total. The van der Waals surface area contributed by atoms with Crippen LogP contribution < -0.4 is 4.74 Å². The Bertz CT molecular complexity index is 1180. The first-order chi connectivity index (χ1) is 17.2. The number of fused-ring (bicyclic) bond motifs is 4. The molecule has 194 valence electrons. The van der Waals surface area contributed by atoms with Crippen molar-refractivity contribution in [2.45, 2.75) is 82.0 Å². The summed E-state index contributed by atoms with van der Waals surface area (Å²) in [5.74, 6) is 1.53. The lowest BCUT2D eigenvalue weighted by Gasteiger charge is -2.45. The molecule has 3 aliphatic heterocycles. The van der Waals surface area contributed by atoms with Crippen molar-refractivity contribution >= 4 is 6.09 Å². The fraction of sp³-hybridized carbons (Fsp3) is 0.643. The molecule has 2 aromatic rings. The van der Waals surface area contributed by atoms with Gasteiger partial charge in [0.25, 0.3) is 0 Å². The van der Waals surface area contributed by atoms with E-state index >= 15 is 4.39 Å². The molecule has 3 fully saturated rings. The number of carbonyl (C=O) groups is 1. The third-order valence-electron chi connectivity index (χ3n) is 9.19. The van der Waals surface area contributed by atoms with Gasteiger partial charge in [0.2, 0.25) is 0 Å². The quantitative estimate of drug-likeness (QED) is 0.573. The number of ether oxygens (including phenoxy) is 2. The Morgan fingerprint density at radius 2 is 1.89 bits per heavy atom. The maximum absolute atomic E-state index is 15.2. The van der Waals surface area contributed by atoms with Crippen LogP contribution in [-0.2, 0) is 17.4 Å². The molecule has 4 heterocycles. The van der Waals surface area contributed by atoms with E-state index in [4.69, 9.17) is 14.5 Å². The van der Waals surface area contributed by atoms with E-state index in [1.807, 2.05) is 6.07 Å². The first-order valence-corrected chi connectivity index (χ1v) is 13.4. The molecule has 1 atom stereocenters. The van der Waals surface area contributed by atoms with Crippen LogP contribution in [0.2, 0.25) is 0 Å². The summed E-state index contributed by atoms with van der Waals surface area (Å²) >= 11 is 0. The summed E-state index contributed by atoms with van der Waals surface area (Å²) in [4.78, 5) is 22.1. The first kappa shape index (κ1) is 23.8. The third kappa shape index (κ3) is 3.71. The van der Waals surface area contributed by atoms with Crippen molar-refractivity contribution in [3.05, 3.63) is 35.5 Å². The van der Waals surface area contributed by atoms with E-state index in [0.29, 0.717) is 42.9 Å². The van der Waals surface area contributed by atoms with Gasteiger partial charge < -0.3 is 23.8 Å². The molecule has 0 bridgehead atoms. The number of halogens is 1. The normalized spacial score (nSPS) is 25.0. The van der Waals surface area contributed by atoms with Crippen LogP contribution in [0.5, 0.6) is 5.75 Å². The van der Waals surface area contributed by atoms with Crippen molar-refractivity contribution in [2.75, 3.05) is 26.7 Å². The Hall–Kier alpha value is -2.61. The lowest BCUT2D eigenvalue weighted by molar-refractivity contribution is -0.0238. The number of benzene rings is 1. The summed E-state index contributed by atoms with van der Waals surface area (Å²) in [6, 6.07) is 5.02. The lowest BCUT2D eigenvalue weighted by atomic mass is 9.82. The molecule has 1 aromatic heterocycles. The standard InChI is InChI=1S/C28H37FN4O3/c1-27(2)17-18(11-14-31(27)3)25-30-23-22-20(29)9-6-10-21(22)36-28(24(23)32(25)4)12-15-33(16-13-28)26(34)35-19-7-5-8-19/h6,9-10,18-19H,5,7-8,11-17H2,1-4H3. The molecule has 0 radical (unpaired) electrons. The first-order valence-electron chi connectivity index (χ1n) is 13.4. The molecule has 1 aliphatic carbocycles. The highest BCUT2D eigenvalue weighted by Crippen LogP contribution is 2.51. The summed E-state index contributed by atoms with van der Waals surface area (Å²) in [5.41, 5.74) is 1.52. The minimum absolute atomic E-state index is 0.0683. The number of imidazole rings is 1. The summed E-state index contributed by atoms with van der Waals surface area (Å²) < 4.78 is 29.7. The second kappa shape index (κ2) is 8.47. The molecular weight excluding hydrogens is 459 g/mol. The van der Waals surface area contributed by atoms with Gasteiger partial charge in [-0.3, -0.25) is 0 Å². The number of piperidine rings is 2. The van der Waals surface area contributed by atoms with Gasteiger partial charge in [-0.1, -0.05) is 6.07 Å². The van der Waals surface area contributed by atoms with E-state index in [1.54, 1.807) is 11.0 Å². The zero-order chi connectivity index (χ0) is 25.2. The summed E-state index contributed by atoms with van der Waals surface area (Å²) in [5, 5.41) is 0. The molecule has 1 amide bonds. The van der Waals surface area contributed by atoms with Crippen molar-refractivity contribution in [2.24, 2.45) is 7.05 Å². The Morgan fingerprint density at radius 3 is 2.56 bits per heavy atom. The van der Waals surface area contributed by atoms with Gasteiger partial charge >= 0.3 is 6.09 Å². The minimum atomic E-state index is -0.648. The molecule has 4 aliphatic rings. The number of hydrogen-bond donors (Lipinski definition) is 0. The summed E-state index contributed by atoms with van der Waals surface area (Å²) in [7, 11) is 4.23. The summed E-state index contributed by atoms with van der Waals surface area (Å²) in [6.07, 6.45) is 6.14. The van der Waals surface area contributed by atoms with E-state index in [0.717, 1.165) is 50.2 Å². The molecule has 1 spiro atoms. The maximum Gasteiger partial charge on any atom is 0.410 e. The van der Waals surface area contributed by atoms with Crippen molar-refractivity contribution in [3.63, 3.8) is 0 Å². The highest BCUT2D eigenvalue weighted by molar-refractivity contribution is 5.74. The highest BCUT2D eigenvalue weighted by atomic mass is 19.1.